The number of rotatable bonds is 7. The fourth-order valence-electron chi connectivity index (χ4n) is 4.42. The zero-order chi connectivity index (χ0) is 22.1. The van der Waals surface area contributed by atoms with Crippen molar-refractivity contribution >= 4 is 32.8 Å². The molecule has 1 amide bonds. The second-order valence-corrected chi connectivity index (χ2v) is 9.10. The molecule has 6 heteroatoms. The van der Waals surface area contributed by atoms with Crippen LogP contribution in [-0.2, 0) is 0 Å². The van der Waals surface area contributed by atoms with Gasteiger partial charge in [-0.25, -0.2) is 0 Å². The molecule has 1 aliphatic heterocycles. The third-order valence-corrected chi connectivity index (χ3v) is 6.74. The van der Waals surface area contributed by atoms with E-state index in [1.165, 1.54) is 4.90 Å². The summed E-state index contributed by atoms with van der Waals surface area (Å²) in [7, 11) is 0. The number of nitrogens with one attached hydrogen (secondary N) is 1. The summed E-state index contributed by atoms with van der Waals surface area (Å²) in [5, 5.41) is 0.493. The first-order valence-electron chi connectivity index (χ1n) is 10.9. The normalized spacial score (nSPS) is 15.8. The Bertz CT molecular complexity index is 1170. The summed E-state index contributed by atoms with van der Waals surface area (Å²) in [5.74, 6) is -0.0161. The smallest absolute Gasteiger partial charge is 0.290 e. The number of quaternary nitrogens is 1. The second kappa shape index (κ2) is 8.97. The van der Waals surface area contributed by atoms with Crippen molar-refractivity contribution in [2.45, 2.75) is 33.2 Å². The van der Waals surface area contributed by atoms with Crippen LogP contribution >= 0.6 is 15.9 Å². The summed E-state index contributed by atoms with van der Waals surface area (Å²) in [6.07, 6.45) is 0.873. The van der Waals surface area contributed by atoms with Crippen molar-refractivity contribution in [3.63, 3.8) is 0 Å². The highest BCUT2D eigenvalue weighted by molar-refractivity contribution is 9.10. The zero-order valence-electron chi connectivity index (χ0n) is 18.2. The molecule has 2 heterocycles. The summed E-state index contributed by atoms with van der Waals surface area (Å²) in [5.41, 5.74) is 2.84. The molecule has 0 fully saturated rings. The van der Waals surface area contributed by atoms with Crippen molar-refractivity contribution in [1.29, 1.82) is 0 Å². The predicted molar refractivity (Wildman–Crippen MR) is 126 cm³/mol. The van der Waals surface area contributed by atoms with Gasteiger partial charge >= 0.3 is 0 Å². The van der Waals surface area contributed by atoms with Crippen LogP contribution in [0.1, 0.15) is 53.6 Å². The van der Waals surface area contributed by atoms with Crippen LogP contribution < -0.4 is 10.3 Å². The standard InChI is InChI=1S/C25H27BrN2O3/c1-4-27(5-2)13-6-14-28-22(17-9-7-16(3)8-10-17)21-23(29)19-15-18(26)11-12-20(19)31-24(21)25(28)30/h7-12,15,22H,4-6,13-14H2,1-3H3/p+1/t22-/m0/s1. The lowest BCUT2D eigenvalue weighted by Gasteiger charge is -2.26. The van der Waals surface area contributed by atoms with E-state index in [0.29, 0.717) is 23.1 Å². The summed E-state index contributed by atoms with van der Waals surface area (Å²) < 4.78 is 6.82. The minimum absolute atomic E-state index is 0.131. The van der Waals surface area contributed by atoms with E-state index in [9.17, 15) is 9.59 Å². The minimum atomic E-state index is -0.422. The van der Waals surface area contributed by atoms with Crippen molar-refractivity contribution in [3.05, 3.63) is 79.6 Å². The van der Waals surface area contributed by atoms with Crippen LogP contribution in [0.2, 0.25) is 0 Å². The monoisotopic (exact) mass is 483 g/mol. The summed E-state index contributed by atoms with van der Waals surface area (Å²) in [4.78, 5) is 30.2. The predicted octanol–water partition coefficient (Wildman–Crippen LogP) is 3.72. The fourth-order valence-corrected chi connectivity index (χ4v) is 4.78. The highest BCUT2D eigenvalue weighted by Gasteiger charge is 2.42. The molecule has 0 saturated heterocycles. The zero-order valence-corrected chi connectivity index (χ0v) is 19.8. The highest BCUT2D eigenvalue weighted by Crippen LogP contribution is 2.38. The van der Waals surface area contributed by atoms with Gasteiger partial charge in [0.1, 0.15) is 5.58 Å². The van der Waals surface area contributed by atoms with Crippen LogP contribution in [0, 0.1) is 6.92 Å². The van der Waals surface area contributed by atoms with Crippen LogP contribution in [0.25, 0.3) is 11.0 Å². The largest absolute Gasteiger partial charge is 0.450 e. The molecule has 162 valence electrons. The number of aryl methyl sites for hydroxylation is 1. The lowest BCUT2D eigenvalue weighted by atomic mass is 9.97. The molecule has 31 heavy (non-hydrogen) atoms. The summed E-state index contributed by atoms with van der Waals surface area (Å²) in [6, 6.07) is 13.0. The second-order valence-electron chi connectivity index (χ2n) is 8.19. The van der Waals surface area contributed by atoms with Gasteiger partial charge in [-0.3, -0.25) is 9.59 Å². The average molecular weight is 484 g/mol. The van der Waals surface area contributed by atoms with Gasteiger partial charge in [0.15, 0.2) is 5.43 Å². The van der Waals surface area contributed by atoms with E-state index in [1.54, 1.807) is 12.1 Å². The SMILES string of the molecule is CC[NH+](CC)CCCN1C(=O)c2oc3ccc(Br)cc3c(=O)c2[C@@H]1c1ccc(C)cc1. The molecule has 0 spiro atoms. The Morgan fingerprint density at radius 3 is 2.45 bits per heavy atom. The van der Waals surface area contributed by atoms with Crippen molar-refractivity contribution in [1.82, 2.24) is 4.90 Å². The number of fused-ring (bicyclic) bond motifs is 2. The number of benzene rings is 2. The molecular formula is C25H28BrN2O3+. The number of halogens is 1. The quantitative estimate of drug-likeness (QED) is 0.556. The number of carbonyl (C=O) groups is 1. The summed E-state index contributed by atoms with van der Waals surface area (Å²) >= 11 is 3.44. The number of hydrogen-bond donors (Lipinski definition) is 1. The Labute approximate surface area is 190 Å². The van der Waals surface area contributed by atoms with Gasteiger partial charge in [0.2, 0.25) is 5.76 Å². The van der Waals surface area contributed by atoms with Crippen LogP contribution in [0.4, 0.5) is 0 Å². The van der Waals surface area contributed by atoms with E-state index >= 15 is 0 Å². The first kappa shape index (κ1) is 21.8. The minimum Gasteiger partial charge on any atom is -0.450 e. The number of hydrogen-bond acceptors (Lipinski definition) is 3. The van der Waals surface area contributed by atoms with Crippen molar-refractivity contribution in [2.24, 2.45) is 0 Å². The molecule has 0 aliphatic carbocycles. The Kier molecular flexibility index (Phi) is 6.30. The number of nitrogens with zero attached hydrogens (tertiary/aromatic N) is 1. The molecule has 0 radical (unpaired) electrons. The van der Waals surface area contributed by atoms with Gasteiger partial charge in [0.25, 0.3) is 5.91 Å². The molecular weight excluding hydrogens is 456 g/mol. The van der Waals surface area contributed by atoms with Gasteiger partial charge in [-0.1, -0.05) is 45.8 Å². The molecule has 1 aromatic heterocycles. The first-order valence-corrected chi connectivity index (χ1v) is 11.7. The molecule has 3 aromatic rings. The molecule has 1 aliphatic rings. The lowest BCUT2D eigenvalue weighted by Crippen LogP contribution is -3.11. The topological polar surface area (TPSA) is 55.0 Å². The Morgan fingerprint density at radius 1 is 1.06 bits per heavy atom. The number of carbonyl (C=O) groups excluding carboxylic acids is 1. The van der Waals surface area contributed by atoms with Crippen LogP contribution in [0.5, 0.6) is 0 Å². The van der Waals surface area contributed by atoms with Gasteiger partial charge in [-0.15, -0.1) is 0 Å². The molecule has 1 N–H and O–H groups in total. The Morgan fingerprint density at radius 2 is 1.77 bits per heavy atom. The summed E-state index contributed by atoms with van der Waals surface area (Å²) in [6.45, 7) is 10.1. The van der Waals surface area contributed by atoms with E-state index in [2.05, 4.69) is 29.8 Å². The molecule has 0 saturated carbocycles. The molecule has 2 aromatic carbocycles. The van der Waals surface area contributed by atoms with E-state index in [4.69, 9.17) is 4.42 Å². The Balaban J connectivity index is 1.80. The van der Waals surface area contributed by atoms with E-state index in [1.807, 2.05) is 42.2 Å². The molecule has 0 unspecified atom stereocenters. The van der Waals surface area contributed by atoms with Crippen LogP contribution in [0.15, 0.2) is 56.1 Å². The molecule has 1 atom stereocenters. The van der Waals surface area contributed by atoms with Gasteiger partial charge in [0, 0.05) is 17.4 Å². The van der Waals surface area contributed by atoms with Crippen molar-refractivity contribution in [3.8, 4) is 0 Å². The van der Waals surface area contributed by atoms with Gasteiger partial charge in [0.05, 0.1) is 36.6 Å². The maximum atomic E-state index is 13.5. The first-order chi connectivity index (χ1) is 14.9. The van der Waals surface area contributed by atoms with E-state index in [0.717, 1.165) is 41.7 Å². The van der Waals surface area contributed by atoms with Gasteiger partial charge in [-0.2, -0.15) is 0 Å². The fraction of sp³-hybridized carbons (Fsp3) is 0.360. The van der Waals surface area contributed by atoms with E-state index < -0.39 is 6.04 Å². The van der Waals surface area contributed by atoms with E-state index in [-0.39, 0.29) is 17.1 Å². The maximum Gasteiger partial charge on any atom is 0.290 e. The van der Waals surface area contributed by atoms with Crippen LogP contribution in [-0.4, -0.2) is 37.0 Å². The average Bonchev–Trinajstić information content (AvgIpc) is 3.04. The van der Waals surface area contributed by atoms with Crippen LogP contribution in [0.3, 0.4) is 0 Å². The third-order valence-electron chi connectivity index (χ3n) is 6.25. The lowest BCUT2D eigenvalue weighted by molar-refractivity contribution is -0.896. The van der Waals surface area contributed by atoms with Gasteiger partial charge in [-0.05, 0) is 44.5 Å². The maximum absolute atomic E-state index is 13.5. The number of amides is 1. The Hall–Kier alpha value is -2.44. The molecule has 4 rings (SSSR count). The molecule has 5 nitrogen and oxygen atoms in total. The third kappa shape index (κ3) is 4.06. The molecule has 0 bridgehead atoms. The van der Waals surface area contributed by atoms with Crippen molar-refractivity contribution < 1.29 is 14.1 Å². The van der Waals surface area contributed by atoms with Crippen molar-refractivity contribution in [2.75, 3.05) is 26.2 Å². The highest BCUT2D eigenvalue weighted by atomic mass is 79.9. The van der Waals surface area contributed by atoms with Gasteiger partial charge < -0.3 is 14.2 Å².